The molecule has 5 heteroatoms. The molecular weight excluding hydrogens is 375 g/mol. The molecule has 0 aromatic carbocycles. The maximum absolute atomic E-state index is 5.94. The zero-order valence-electron chi connectivity index (χ0n) is 13.2. The summed E-state index contributed by atoms with van der Waals surface area (Å²) in [7, 11) is 0. The fourth-order valence-corrected chi connectivity index (χ4v) is 2.55. The molecule has 4 nitrogen and oxygen atoms in total. The first kappa shape index (κ1) is 18.2. The number of hydrogen-bond donors (Lipinski definition) is 2. The first-order chi connectivity index (χ1) is 9.49. The predicted molar refractivity (Wildman–Crippen MR) is 99.2 cm³/mol. The Morgan fingerprint density at radius 3 is 2.76 bits per heavy atom. The highest BCUT2D eigenvalue weighted by Crippen LogP contribution is 2.25. The lowest BCUT2D eigenvalue weighted by molar-refractivity contribution is 0.315. The van der Waals surface area contributed by atoms with Gasteiger partial charge < -0.3 is 11.1 Å². The number of guanidine groups is 1. The van der Waals surface area contributed by atoms with Crippen molar-refractivity contribution in [1.29, 1.82) is 0 Å². The highest BCUT2D eigenvalue weighted by atomic mass is 127. The van der Waals surface area contributed by atoms with Gasteiger partial charge >= 0.3 is 0 Å². The minimum absolute atomic E-state index is 0. The number of halogens is 1. The zero-order valence-corrected chi connectivity index (χ0v) is 15.6. The molecule has 118 valence electrons. The van der Waals surface area contributed by atoms with E-state index in [0.717, 1.165) is 18.2 Å². The summed E-state index contributed by atoms with van der Waals surface area (Å²) < 4.78 is 0. The summed E-state index contributed by atoms with van der Waals surface area (Å²) >= 11 is 0. The van der Waals surface area contributed by atoms with Gasteiger partial charge in [-0.15, -0.1) is 24.0 Å². The molecule has 0 atom stereocenters. The molecule has 0 spiro atoms. The van der Waals surface area contributed by atoms with Gasteiger partial charge in [0.1, 0.15) is 0 Å². The first-order valence-electron chi connectivity index (χ1n) is 7.45. The first-order valence-corrected chi connectivity index (χ1v) is 7.45. The quantitative estimate of drug-likeness (QED) is 0.452. The third kappa shape index (κ3) is 5.13. The van der Waals surface area contributed by atoms with Crippen LogP contribution in [0.4, 0.5) is 0 Å². The van der Waals surface area contributed by atoms with Gasteiger partial charge in [-0.25, -0.2) is 0 Å². The summed E-state index contributed by atoms with van der Waals surface area (Å²) in [6.07, 6.45) is 5.83. The predicted octanol–water partition coefficient (Wildman–Crippen LogP) is 2.99. The largest absolute Gasteiger partial charge is 0.370 e. The van der Waals surface area contributed by atoms with Gasteiger partial charge in [0.15, 0.2) is 5.96 Å². The third-order valence-electron chi connectivity index (χ3n) is 4.09. The Kier molecular flexibility index (Phi) is 6.90. The van der Waals surface area contributed by atoms with Crippen LogP contribution in [0.1, 0.15) is 44.4 Å². The van der Waals surface area contributed by atoms with E-state index in [9.17, 15) is 0 Å². The molecular formula is C16H27IN4. The summed E-state index contributed by atoms with van der Waals surface area (Å²) in [6.45, 7) is 8.01. The van der Waals surface area contributed by atoms with Crippen LogP contribution in [-0.4, -0.2) is 24.0 Å². The molecule has 0 radical (unpaired) electrons. The number of nitrogens with one attached hydrogen (secondary N) is 1. The topological polar surface area (TPSA) is 63.3 Å². The Labute approximate surface area is 145 Å². The van der Waals surface area contributed by atoms with Crippen LogP contribution in [0.15, 0.2) is 23.3 Å². The van der Waals surface area contributed by atoms with Crippen molar-refractivity contribution in [3.05, 3.63) is 29.6 Å². The monoisotopic (exact) mass is 402 g/mol. The van der Waals surface area contributed by atoms with Gasteiger partial charge in [-0.1, -0.05) is 26.3 Å². The Balaban J connectivity index is 0.00000220. The molecule has 21 heavy (non-hydrogen) atoms. The SMILES string of the molecule is Cc1cccnc1C(C)(C)CN=C(N)NCC1CCC1.I. The van der Waals surface area contributed by atoms with Crippen molar-refractivity contribution in [3.8, 4) is 0 Å². The number of aliphatic imine (C=N–C) groups is 1. The molecule has 1 aliphatic carbocycles. The van der Waals surface area contributed by atoms with E-state index in [2.05, 4.69) is 42.1 Å². The van der Waals surface area contributed by atoms with Crippen molar-refractivity contribution in [3.63, 3.8) is 0 Å². The second kappa shape index (κ2) is 7.96. The number of aromatic nitrogens is 1. The lowest BCUT2D eigenvalue weighted by Crippen LogP contribution is -2.38. The van der Waals surface area contributed by atoms with E-state index in [-0.39, 0.29) is 29.4 Å². The van der Waals surface area contributed by atoms with E-state index in [1.807, 2.05) is 12.3 Å². The van der Waals surface area contributed by atoms with Crippen LogP contribution < -0.4 is 11.1 Å². The molecule has 0 aliphatic heterocycles. The smallest absolute Gasteiger partial charge is 0.188 e. The highest BCUT2D eigenvalue weighted by Gasteiger charge is 2.24. The second-order valence-corrected chi connectivity index (χ2v) is 6.43. The van der Waals surface area contributed by atoms with Crippen LogP contribution in [0.2, 0.25) is 0 Å². The minimum Gasteiger partial charge on any atom is -0.370 e. The molecule has 1 aliphatic rings. The minimum atomic E-state index is -0.103. The van der Waals surface area contributed by atoms with Crippen LogP contribution in [0.3, 0.4) is 0 Å². The molecule has 0 unspecified atom stereocenters. The molecule has 1 heterocycles. The van der Waals surface area contributed by atoms with Gasteiger partial charge in [-0.05, 0) is 37.3 Å². The lowest BCUT2D eigenvalue weighted by Gasteiger charge is -2.26. The Morgan fingerprint density at radius 1 is 1.48 bits per heavy atom. The van der Waals surface area contributed by atoms with Crippen LogP contribution in [0.5, 0.6) is 0 Å². The molecule has 0 amide bonds. The Morgan fingerprint density at radius 2 is 2.19 bits per heavy atom. The van der Waals surface area contributed by atoms with E-state index < -0.39 is 0 Å². The van der Waals surface area contributed by atoms with Crippen molar-refractivity contribution in [2.45, 2.75) is 45.4 Å². The van der Waals surface area contributed by atoms with Crippen molar-refractivity contribution in [1.82, 2.24) is 10.3 Å². The average Bonchev–Trinajstić information content (AvgIpc) is 2.35. The van der Waals surface area contributed by atoms with E-state index >= 15 is 0 Å². The van der Waals surface area contributed by atoms with E-state index in [4.69, 9.17) is 5.73 Å². The molecule has 1 fully saturated rings. The fourth-order valence-electron chi connectivity index (χ4n) is 2.55. The summed E-state index contributed by atoms with van der Waals surface area (Å²) in [5.41, 5.74) is 8.14. The number of hydrogen-bond acceptors (Lipinski definition) is 2. The van der Waals surface area contributed by atoms with E-state index in [1.54, 1.807) is 0 Å². The van der Waals surface area contributed by atoms with Crippen LogP contribution in [-0.2, 0) is 5.41 Å². The van der Waals surface area contributed by atoms with Gasteiger partial charge in [0.05, 0.1) is 12.2 Å². The molecule has 1 aromatic heterocycles. The third-order valence-corrected chi connectivity index (χ3v) is 4.09. The maximum Gasteiger partial charge on any atom is 0.188 e. The van der Waals surface area contributed by atoms with Gasteiger partial charge in [0.25, 0.3) is 0 Å². The molecule has 1 aromatic rings. The van der Waals surface area contributed by atoms with Gasteiger partial charge in [0.2, 0.25) is 0 Å². The van der Waals surface area contributed by atoms with Crippen LogP contribution >= 0.6 is 24.0 Å². The van der Waals surface area contributed by atoms with Crippen molar-refractivity contribution in [2.24, 2.45) is 16.6 Å². The standard InChI is InChI=1S/C16H26N4.HI/c1-12-6-5-9-18-14(12)16(2,3)11-20-15(17)19-10-13-7-4-8-13;/h5-6,9,13H,4,7-8,10-11H2,1-3H3,(H3,17,19,20);1H. The Hall–Kier alpha value is -0.850. The number of nitrogens with zero attached hydrogens (tertiary/aromatic N) is 2. The summed E-state index contributed by atoms with van der Waals surface area (Å²) in [6, 6.07) is 4.05. The van der Waals surface area contributed by atoms with Crippen LogP contribution in [0.25, 0.3) is 0 Å². The second-order valence-electron chi connectivity index (χ2n) is 6.43. The van der Waals surface area contributed by atoms with Crippen LogP contribution in [0, 0.1) is 12.8 Å². The molecule has 3 N–H and O–H groups in total. The molecule has 0 bridgehead atoms. The summed E-state index contributed by atoms with van der Waals surface area (Å²) in [5, 5.41) is 3.23. The van der Waals surface area contributed by atoms with Crippen molar-refractivity contribution in [2.75, 3.05) is 13.1 Å². The highest BCUT2D eigenvalue weighted by molar-refractivity contribution is 14.0. The maximum atomic E-state index is 5.94. The average molecular weight is 402 g/mol. The molecule has 2 rings (SSSR count). The van der Waals surface area contributed by atoms with E-state index in [1.165, 1.54) is 24.8 Å². The normalized spacial score (nSPS) is 16.0. The summed E-state index contributed by atoms with van der Waals surface area (Å²) in [4.78, 5) is 8.98. The van der Waals surface area contributed by atoms with Gasteiger partial charge in [0, 0.05) is 18.2 Å². The number of aryl methyl sites for hydroxylation is 1. The number of nitrogens with two attached hydrogens (primary N) is 1. The lowest BCUT2D eigenvalue weighted by atomic mass is 9.85. The molecule has 0 saturated heterocycles. The van der Waals surface area contributed by atoms with Crippen molar-refractivity contribution < 1.29 is 0 Å². The molecule has 1 saturated carbocycles. The Bertz CT molecular complexity index is 481. The van der Waals surface area contributed by atoms with E-state index in [0.29, 0.717) is 12.5 Å². The number of rotatable bonds is 5. The zero-order chi connectivity index (χ0) is 14.6. The number of pyridine rings is 1. The summed E-state index contributed by atoms with van der Waals surface area (Å²) in [5.74, 6) is 1.34. The van der Waals surface area contributed by atoms with Crippen molar-refractivity contribution >= 4 is 29.9 Å². The van der Waals surface area contributed by atoms with Gasteiger partial charge in [-0.2, -0.15) is 0 Å². The van der Waals surface area contributed by atoms with Gasteiger partial charge in [-0.3, -0.25) is 9.98 Å². The fraction of sp³-hybridized carbons (Fsp3) is 0.625.